The van der Waals surface area contributed by atoms with E-state index in [2.05, 4.69) is 9.97 Å². The van der Waals surface area contributed by atoms with Gasteiger partial charge in [0, 0.05) is 11.6 Å². The normalized spacial score (nSPS) is 11.3. The smallest absolute Gasteiger partial charge is 0.265 e. The first-order chi connectivity index (χ1) is 15.0. The molecule has 1 amide bonds. The van der Waals surface area contributed by atoms with Crippen molar-refractivity contribution in [2.24, 2.45) is 5.73 Å². The van der Waals surface area contributed by atoms with Gasteiger partial charge >= 0.3 is 0 Å². The first kappa shape index (κ1) is 18.8. The summed E-state index contributed by atoms with van der Waals surface area (Å²) in [7, 11) is 0. The highest BCUT2D eigenvalue weighted by molar-refractivity contribution is 6.10. The van der Waals surface area contributed by atoms with Crippen molar-refractivity contribution >= 4 is 27.7 Å². The Kier molecular flexibility index (Phi) is 4.22. The molecule has 152 valence electrons. The lowest BCUT2D eigenvalue weighted by Crippen LogP contribution is -2.19. The van der Waals surface area contributed by atoms with Crippen molar-refractivity contribution in [3.05, 3.63) is 94.2 Å². The molecule has 0 saturated carbocycles. The summed E-state index contributed by atoms with van der Waals surface area (Å²) in [6.07, 6.45) is 3.45. The number of amides is 1. The maximum Gasteiger partial charge on any atom is 0.265 e. The molecule has 0 bridgehead atoms. The zero-order valence-electron chi connectivity index (χ0n) is 17.1. The van der Waals surface area contributed by atoms with E-state index < -0.39 is 5.91 Å². The fourth-order valence-electron chi connectivity index (χ4n) is 4.26. The second kappa shape index (κ2) is 6.95. The van der Waals surface area contributed by atoms with Crippen molar-refractivity contribution in [3.8, 4) is 16.8 Å². The SMILES string of the molecule is Cc1c(-c2ccc(C(N)=O)c3[nH]cc(C)c23)cccc1-n1cnc2ccccc2c1=O. The number of H-pyrrole nitrogens is 1. The van der Waals surface area contributed by atoms with Crippen LogP contribution in [0.2, 0.25) is 0 Å². The van der Waals surface area contributed by atoms with E-state index in [0.29, 0.717) is 16.5 Å². The van der Waals surface area contributed by atoms with Gasteiger partial charge < -0.3 is 10.7 Å². The average molecular weight is 408 g/mol. The number of aromatic nitrogens is 3. The number of benzene rings is 3. The molecule has 5 aromatic rings. The molecule has 5 rings (SSSR count). The first-order valence-electron chi connectivity index (χ1n) is 9.94. The van der Waals surface area contributed by atoms with Gasteiger partial charge in [0.1, 0.15) is 6.33 Å². The summed E-state index contributed by atoms with van der Waals surface area (Å²) in [5, 5.41) is 1.52. The van der Waals surface area contributed by atoms with Gasteiger partial charge in [-0.05, 0) is 60.4 Å². The molecule has 2 heterocycles. The van der Waals surface area contributed by atoms with Gasteiger partial charge in [-0.1, -0.05) is 30.3 Å². The van der Waals surface area contributed by atoms with Crippen LogP contribution in [0.5, 0.6) is 0 Å². The van der Waals surface area contributed by atoms with Crippen LogP contribution in [0, 0.1) is 13.8 Å². The highest BCUT2D eigenvalue weighted by Gasteiger charge is 2.17. The summed E-state index contributed by atoms with van der Waals surface area (Å²) in [6.45, 7) is 3.98. The number of primary amides is 1. The number of carbonyl (C=O) groups is 1. The van der Waals surface area contributed by atoms with Crippen molar-refractivity contribution in [1.29, 1.82) is 0 Å². The largest absolute Gasteiger partial charge is 0.366 e. The summed E-state index contributed by atoms with van der Waals surface area (Å²) < 4.78 is 1.58. The fourth-order valence-corrected chi connectivity index (χ4v) is 4.26. The predicted molar refractivity (Wildman–Crippen MR) is 123 cm³/mol. The molecule has 31 heavy (non-hydrogen) atoms. The Morgan fingerprint density at radius 3 is 2.61 bits per heavy atom. The van der Waals surface area contributed by atoms with Crippen LogP contribution >= 0.6 is 0 Å². The van der Waals surface area contributed by atoms with E-state index in [-0.39, 0.29) is 5.56 Å². The van der Waals surface area contributed by atoms with E-state index in [1.807, 2.05) is 62.5 Å². The van der Waals surface area contributed by atoms with Gasteiger partial charge in [-0.2, -0.15) is 0 Å². The average Bonchev–Trinajstić information content (AvgIpc) is 3.16. The number of carbonyl (C=O) groups excluding carboxylic acids is 1. The molecule has 0 radical (unpaired) electrons. The van der Waals surface area contributed by atoms with E-state index in [1.165, 1.54) is 0 Å². The zero-order chi connectivity index (χ0) is 21.7. The van der Waals surface area contributed by atoms with Crippen LogP contribution < -0.4 is 11.3 Å². The molecule has 6 nitrogen and oxygen atoms in total. The zero-order valence-corrected chi connectivity index (χ0v) is 17.1. The lowest BCUT2D eigenvalue weighted by molar-refractivity contribution is 0.100. The van der Waals surface area contributed by atoms with Crippen LogP contribution in [0.4, 0.5) is 0 Å². The van der Waals surface area contributed by atoms with E-state index >= 15 is 0 Å². The molecule has 0 saturated heterocycles. The van der Waals surface area contributed by atoms with Crippen LogP contribution in [0.3, 0.4) is 0 Å². The summed E-state index contributed by atoms with van der Waals surface area (Å²) >= 11 is 0. The second-order valence-corrected chi connectivity index (χ2v) is 7.63. The summed E-state index contributed by atoms with van der Waals surface area (Å²) in [5.74, 6) is -0.474. The quantitative estimate of drug-likeness (QED) is 0.467. The molecule has 3 N–H and O–H groups in total. The van der Waals surface area contributed by atoms with Crippen molar-refractivity contribution in [2.45, 2.75) is 13.8 Å². The minimum atomic E-state index is -0.474. The van der Waals surface area contributed by atoms with Gasteiger partial charge in [0.05, 0.1) is 27.7 Å². The second-order valence-electron chi connectivity index (χ2n) is 7.63. The Labute approximate surface area is 178 Å². The molecular formula is C25H20N4O2. The van der Waals surface area contributed by atoms with Crippen LogP contribution in [0.15, 0.2) is 71.9 Å². The highest BCUT2D eigenvalue weighted by Crippen LogP contribution is 2.36. The van der Waals surface area contributed by atoms with Crippen LogP contribution in [0.1, 0.15) is 21.5 Å². The predicted octanol–water partition coefficient (Wildman–Crippen LogP) is 4.25. The Balaban J connectivity index is 1.77. The van der Waals surface area contributed by atoms with Crippen molar-refractivity contribution in [1.82, 2.24) is 14.5 Å². The number of aryl methyl sites for hydroxylation is 1. The molecule has 0 unspecified atom stereocenters. The van der Waals surface area contributed by atoms with Crippen LogP contribution in [-0.2, 0) is 0 Å². The maximum atomic E-state index is 13.1. The van der Waals surface area contributed by atoms with Crippen molar-refractivity contribution in [2.75, 3.05) is 0 Å². The number of hydrogen-bond acceptors (Lipinski definition) is 3. The van der Waals surface area contributed by atoms with Gasteiger partial charge in [-0.3, -0.25) is 14.2 Å². The summed E-state index contributed by atoms with van der Waals surface area (Å²) in [5.41, 5.74) is 12.0. The third-order valence-corrected chi connectivity index (χ3v) is 5.82. The number of aromatic amines is 1. The molecule has 0 atom stereocenters. The summed E-state index contributed by atoms with van der Waals surface area (Å²) in [6, 6.07) is 16.8. The van der Waals surface area contributed by atoms with Gasteiger partial charge in [-0.25, -0.2) is 4.98 Å². The van der Waals surface area contributed by atoms with Gasteiger partial charge in [0.25, 0.3) is 11.5 Å². The van der Waals surface area contributed by atoms with E-state index in [1.54, 1.807) is 23.0 Å². The first-order valence-corrected chi connectivity index (χ1v) is 9.94. The number of para-hydroxylation sites is 1. The molecular weight excluding hydrogens is 388 g/mol. The standard InChI is InChI=1S/C25H20N4O2/c1-14-12-27-23-19(24(26)30)11-10-17(22(14)23)16-7-5-9-21(15(16)2)29-13-28-20-8-4-3-6-18(20)25(29)31/h3-13,27H,1-2H3,(H2,26,30). The minimum Gasteiger partial charge on any atom is -0.366 e. The molecule has 0 aliphatic heterocycles. The number of rotatable bonds is 3. The lowest BCUT2D eigenvalue weighted by Gasteiger charge is -2.15. The lowest BCUT2D eigenvalue weighted by atomic mass is 9.93. The molecule has 0 spiro atoms. The monoisotopic (exact) mass is 408 g/mol. The summed E-state index contributed by atoms with van der Waals surface area (Å²) in [4.78, 5) is 32.7. The number of nitrogens with two attached hydrogens (primary N) is 1. The Hall–Kier alpha value is -4.19. The highest BCUT2D eigenvalue weighted by atomic mass is 16.1. The molecule has 2 aromatic heterocycles. The number of nitrogens with zero attached hydrogens (tertiary/aromatic N) is 2. The minimum absolute atomic E-state index is 0.113. The molecule has 0 aliphatic rings. The maximum absolute atomic E-state index is 13.1. The van der Waals surface area contributed by atoms with Gasteiger partial charge in [0.2, 0.25) is 0 Å². The number of nitrogens with one attached hydrogen (secondary N) is 1. The van der Waals surface area contributed by atoms with Crippen molar-refractivity contribution in [3.63, 3.8) is 0 Å². The topological polar surface area (TPSA) is 93.8 Å². The van der Waals surface area contributed by atoms with Crippen LogP contribution in [-0.4, -0.2) is 20.4 Å². The van der Waals surface area contributed by atoms with Crippen molar-refractivity contribution < 1.29 is 4.79 Å². The molecule has 6 heteroatoms. The van der Waals surface area contributed by atoms with E-state index in [9.17, 15) is 9.59 Å². The molecule has 0 fully saturated rings. The Morgan fingerprint density at radius 2 is 1.81 bits per heavy atom. The molecule has 3 aromatic carbocycles. The van der Waals surface area contributed by atoms with Gasteiger partial charge in [0.15, 0.2) is 0 Å². The number of hydrogen-bond donors (Lipinski definition) is 2. The van der Waals surface area contributed by atoms with Crippen LogP contribution in [0.25, 0.3) is 38.6 Å². The number of fused-ring (bicyclic) bond motifs is 2. The third-order valence-electron chi connectivity index (χ3n) is 5.82. The van der Waals surface area contributed by atoms with E-state index in [4.69, 9.17) is 5.73 Å². The van der Waals surface area contributed by atoms with Gasteiger partial charge in [-0.15, -0.1) is 0 Å². The molecule has 0 aliphatic carbocycles. The fraction of sp³-hybridized carbons (Fsp3) is 0.0800. The Morgan fingerprint density at radius 1 is 1.00 bits per heavy atom. The Bertz CT molecular complexity index is 1560. The third kappa shape index (κ3) is 2.84. The van der Waals surface area contributed by atoms with E-state index in [0.717, 1.165) is 38.8 Å².